The normalized spacial score (nSPS) is 9.38. The van der Waals surface area contributed by atoms with Crippen LogP contribution in [0.25, 0.3) is 0 Å². The van der Waals surface area contributed by atoms with Gasteiger partial charge in [-0.2, -0.15) is 0 Å². The molecule has 5 nitrogen and oxygen atoms in total. The SMILES string of the molecule is CC(=O)Oc1ccc(OC(C)=O)c(C=O)c1. The largest absolute Gasteiger partial charge is 0.427 e. The fraction of sp³-hybridized carbons (Fsp3) is 0.182. The van der Waals surface area contributed by atoms with Gasteiger partial charge >= 0.3 is 11.9 Å². The van der Waals surface area contributed by atoms with Gasteiger partial charge in [0.2, 0.25) is 0 Å². The molecular weight excluding hydrogens is 212 g/mol. The first-order chi connectivity index (χ1) is 7.52. The van der Waals surface area contributed by atoms with Gasteiger partial charge < -0.3 is 9.47 Å². The second kappa shape index (κ2) is 5.06. The van der Waals surface area contributed by atoms with Crippen molar-refractivity contribution in [3.8, 4) is 11.5 Å². The lowest BCUT2D eigenvalue weighted by atomic mass is 10.2. The average molecular weight is 222 g/mol. The molecule has 0 fully saturated rings. The Morgan fingerprint density at radius 2 is 1.75 bits per heavy atom. The molecule has 84 valence electrons. The Labute approximate surface area is 92.0 Å². The quantitative estimate of drug-likeness (QED) is 0.438. The molecule has 0 aromatic heterocycles. The third kappa shape index (κ3) is 3.20. The first-order valence-corrected chi connectivity index (χ1v) is 4.49. The van der Waals surface area contributed by atoms with Gasteiger partial charge in [0.1, 0.15) is 11.5 Å². The summed E-state index contributed by atoms with van der Waals surface area (Å²) in [6.07, 6.45) is 0.519. The minimum Gasteiger partial charge on any atom is -0.427 e. The maximum absolute atomic E-state index is 10.7. The minimum atomic E-state index is -0.525. The molecule has 0 bridgehead atoms. The minimum absolute atomic E-state index is 0.137. The number of hydrogen-bond acceptors (Lipinski definition) is 5. The molecule has 0 heterocycles. The number of carbonyl (C=O) groups excluding carboxylic acids is 3. The van der Waals surface area contributed by atoms with E-state index in [1.54, 1.807) is 0 Å². The summed E-state index contributed by atoms with van der Waals surface area (Å²) in [7, 11) is 0. The zero-order valence-electron chi connectivity index (χ0n) is 8.85. The van der Waals surface area contributed by atoms with Gasteiger partial charge in [0.15, 0.2) is 6.29 Å². The van der Waals surface area contributed by atoms with E-state index in [0.717, 1.165) is 0 Å². The topological polar surface area (TPSA) is 69.7 Å². The van der Waals surface area contributed by atoms with Gasteiger partial charge in [-0.05, 0) is 18.2 Å². The van der Waals surface area contributed by atoms with E-state index in [-0.39, 0.29) is 17.1 Å². The Balaban J connectivity index is 3.01. The van der Waals surface area contributed by atoms with Crippen molar-refractivity contribution in [1.82, 2.24) is 0 Å². The maximum atomic E-state index is 10.7. The lowest BCUT2D eigenvalue weighted by Crippen LogP contribution is -2.05. The molecule has 0 saturated heterocycles. The summed E-state index contributed by atoms with van der Waals surface area (Å²) in [5, 5.41) is 0. The van der Waals surface area contributed by atoms with Crippen LogP contribution in [0.1, 0.15) is 24.2 Å². The molecule has 0 saturated carbocycles. The summed E-state index contributed by atoms with van der Waals surface area (Å²) in [5.74, 6) is -0.649. The van der Waals surface area contributed by atoms with Gasteiger partial charge in [0, 0.05) is 13.8 Å². The van der Waals surface area contributed by atoms with Crippen molar-refractivity contribution in [3.63, 3.8) is 0 Å². The highest BCUT2D eigenvalue weighted by atomic mass is 16.5. The number of rotatable bonds is 3. The summed E-state index contributed by atoms with van der Waals surface area (Å²) in [6, 6.07) is 4.16. The van der Waals surface area contributed by atoms with Crippen molar-refractivity contribution in [1.29, 1.82) is 0 Å². The maximum Gasteiger partial charge on any atom is 0.308 e. The van der Waals surface area contributed by atoms with Crippen LogP contribution in [-0.4, -0.2) is 18.2 Å². The summed E-state index contributed by atoms with van der Waals surface area (Å²) < 4.78 is 9.56. The number of carbonyl (C=O) groups is 3. The highest BCUT2D eigenvalue weighted by Crippen LogP contribution is 2.23. The molecule has 1 rings (SSSR count). The fourth-order valence-electron chi connectivity index (χ4n) is 1.10. The third-order valence-corrected chi connectivity index (χ3v) is 1.62. The molecule has 5 heteroatoms. The smallest absolute Gasteiger partial charge is 0.308 e. The molecule has 0 N–H and O–H groups in total. The Morgan fingerprint density at radius 3 is 2.25 bits per heavy atom. The molecule has 0 spiro atoms. The van der Waals surface area contributed by atoms with Gasteiger partial charge in [-0.15, -0.1) is 0 Å². The first-order valence-electron chi connectivity index (χ1n) is 4.49. The van der Waals surface area contributed by atoms with Crippen molar-refractivity contribution in [2.24, 2.45) is 0 Å². The summed E-state index contributed by atoms with van der Waals surface area (Å²) in [5.41, 5.74) is 0.147. The van der Waals surface area contributed by atoms with Crippen LogP contribution < -0.4 is 9.47 Å². The summed E-state index contributed by atoms with van der Waals surface area (Å²) >= 11 is 0. The number of hydrogen-bond donors (Lipinski definition) is 0. The van der Waals surface area contributed by atoms with E-state index >= 15 is 0 Å². The second-order valence-corrected chi connectivity index (χ2v) is 3.00. The van der Waals surface area contributed by atoms with Crippen LogP contribution >= 0.6 is 0 Å². The van der Waals surface area contributed by atoms with Crippen molar-refractivity contribution in [2.45, 2.75) is 13.8 Å². The highest BCUT2D eigenvalue weighted by Gasteiger charge is 2.08. The van der Waals surface area contributed by atoms with Crippen LogP contribution in [0.2, 0.25) is 0 Å². The fourth-order valence-corrected chi connectivity index (χ4v) is 1.10. The standard InChI is InChI=1S/C11H10O5/c1-7(13)15-10-3-4-11(16-8(2)14)9(5-10)6-12/h3-6H,1-2H3. The predicted octanol–water partition coefficient (Wildman–Crippen LogP) is 1.35. The first kappa shape index (κ1) is 11.9. The van der Waals surface area contributed by atoms with E-state index in [1.165, 1.54) is 32.0 Å². The molecule has 0 aliphatic heterocycles. The monoisotopic (exact) mass is 222 g/mol. The molecule has 0 amide bonds. The molecule has 1 aromatic rings. The van der Waals surface area contributed by atoms with Crippen LogP contribution in [0.15, 0.2) is 18.2 Å². The Hall–Kier alpha value is -2.17. The van der Waals surface area contributed by atoms with Gasteiger partial charge in [0.05, 0.1) is 5.56 Å². The molecule has 0 aliphatic carbocycles. The van der Waals surface area contributed by atoms with Crippen LogP contribution in [-0.2, 0) is 9.59 Å². The predicted molar refractivity (Wildman–Crippen MR) is 54.4 cm³/mol. The van der Waals surface area contributed by atoms with Gasteiger partial charge in [-0.1, -0.05) is 0 Å². The molecule has 1 aromatic carbocycles. The van der Waals surface area contributed by atoms with Crippen LogP contribution in [0.5, 0.6) is 11.5 Å². The van der Waals surface area contributed by atoms with Crippen molar-refractivity contribution < 1.29 is 23.9 Å². The number of esters is 2. The van der Waals surface area contributed by atoms with Crippen LogP contribution in [0.3, 0.4) is 0 Å². The van der Waals surface area contributed by atoms with E-state index in [2.05, 4.69) is 0 Å². The van der Waals surface area contributed by atoms with E-state index < -0.39 is 11.9 Å². The van der Waals surface area contributed by atoms with Crippen LogP contribution in [0, 0.1) is 0 Å². The zero-order valence-corrected chi connectivity index (χ0v) is 8.85. The van der Waals surface area contributed by atoms with Gasteiger partial charge in [-0.25, -0.2) is 0 Å². The van der Waals surface area contributed by atoms with E-state index in [4.69, 9.17) is 9.47 Å². The molecular formula is C11H10O5. The lowest BCUT2D eigenvalue weighted by molar-refractivity contribution is -0.133. The molecule has 0 radical (unpaired) electrons. The zero-order chi connectivity index (χ0) is 12.1. The Bertz CT molecular complexity index is 436. The molecule has 0 atom stereocenters. The average Bonchev–Trinajstić information content (AvgIpc) is 2.18. The highest BCUT2D eigenvalue weighted by molar-refractivity contribution is 5.83. The third-order valence-electron chi connectivity index (χ3n) is 1.62. The van der Waals surface area contributed by atoms with E-state index in [0.29, 0.717) is 6.29 Å². The second-order valence-electron chi connectivity index (χ2n) is 3.00. The van der Waals surface area contributed by atoms with Crippen molar-refractivity contribution >= 4 is 18.2 Å². The summed E-state index contributed by atoms with van der Waals surface area (Å²) in [6.45, 7) is 2.48. The Kier molecular flexibility index (Phi) is 3.77. The lowest BCUT2D eigenvalue weighted by Gasteiger charge is -2.06. The number of aldehydes is 1. The number of ether oxygens (including phenoxy) is 2. The van der Waals surface area contributed by atoms with Crippen molar-refractivity contribution in [2.75, 3.05) is 0 Å². The van der Waals surface area contributed by atoms with Crippen molar-refractivity contribution in [3.05, 3.63) is 23.8 Å². The van der Waals surface area contributed by atoms with Gasteiger partial charge in [-0.3, -0.25) is 14.4 Å². The van der Waals surface area contributed by atoms with Gasteiger partial charge in [0.25, 0.3) is 0 Å². The molecule has 16 heavy (non-hydrogen) atoms. The Morgan fingerprint density at radius 1 is 1.12 bits per heavy atom. The van der Waals surface area contributed by atoms with Crippen LogP contribution in [0.4, 0.5) is 0 Å². The van der Waals surface area contributed by atoms with E-state index in [1.807, 2.05) is 0 Å². The van der Waals surface area contributed by atoms with E-state index in [9.17, 15) is 14.4 Å². The number of benzene rings is 1. The summed E-state index contributed by atoms with van der Waals surface area (Å²) in [4.78, 5) is 32.1. The molecule has 0 unspecified atom stereocenters. The molecule has 0 aliphatic rings.